The third kappa shape index (κ3) is 6.93. The molecule has 4 rings (SSSR count). The van der Waals surface area contributed by atoms with E-state index in [-0.39, 0.29) is 11.9 Å². The normalized spacial score (nSPS) is 10.7. The molecule has 188 valence electrons. The number of aryl methyl sites for hydroxylation is 4. The Kier molecular flexibility index (Phi) is 8.16. The fraction of sp³-hybridized carbons (Fsp3) is 0.188. The smallest absolute Gasteiger partial charge is 0.343 e. The summed E-state index contributed by atoms with van der Waals surface area (Å²) >= 11 is 0. The zero-order valence-corrected chi connectivity index (χ0v) is 21.5. The van der Waals surface area contributed by atoms with E-state index in [4.69, 9.17) is 14.2 Å². The van der Waals surface area contributed by atoms with Gasteiger partial charge in [0.1, 0.15) is 11.5 Å². The van der Waals surface area contributed by atoms with Crippen molar-refractivity contribution in [2.75, 3.05) is 0 Å². The van der Waals surface area contributed by atoms with Crippen LogP contribution in [0.5, 0.6) is 11.5 Å². The largest absolute Gasteiger partial charge is 0.423 e. The lowest BCUT2D eigenvalue weighted by molar-refractivity contribution is 0.0725. The fourth-order valence-corrected chi connectivity index (χ4v) is 3.66. The van der Waals surface area contributed by atoms with Crippen LogP contribution in [0.15, 0.2) is 84.9 Å². The van der Waals surface area contributed by atoms with E-state index in [1.807, 2.05) is 76.2 Å². The van der Waals surface area contributed by atoms with E-state index in [0.717, 1.165) is 33.4 Å². The summed E-state index contributed by atoms with van der Waals surface area (Å²) < 4.78 is 16.8. The van der Waals surface area contributed by atoms with Crippen molar-refractivity contribution in [1.29, 1.82) is 0 Å². The molecule has 0 amide bonds. The number of carbonyl (C=O) groups excluding carboxylic acids is 2. The van der Waals surface area contributed by atoms with Gasteiger partial charge in [-0.25, -0.2) is 9.59 Å². The summed E-state index contributed by atoms with van der Waals surface area (Å²) in [5, 5.41) is 0. The lowest BCUT2D eigenvalue weighted by Crippen LogP contribution is -2.09. The highest BCUT2D eigenvalue weighted by Gasteiger charge is 2.11. The van der Waals surface area contributed by atoms with Crippen molar-refractivity contribution in [3.8, 4) is 11.5 Å². The number of carbonyl (C=O) groups is 2. The van der Waals surface area contributed by atoms with E-state index in [1.54, 1.807) is 36.4 Å². The fourth-order valence-electron chi connectivity index (χ4n) is 3.66. The van der Waals surface area contributed by atoms with Crippen molar-refractivity contribution in [1.82, 2.24) is 0 Å². The maximum absolute atomic E-state index is 12.4. The van der Waals surface area contributed by atoms with Gasteiger partial charge in [-0.15, -0.1) is 0 Å². The van der Waals surface area contributed by atoms with E-state index in [0.29, 0.717) is 35.8 Å². The Bertz CT molecular complexity index is 1290. The molecule has 4 aromatic rings. The molecule has 0 spiro atoms. The monoisotopic (exact) mass is 494 g/mol. The molecule has 0 aliphatic rings. The second-order valence-electron chi connectivity index (χ2n) is 9.16. The number of hydrogen-bond donors (Lipinski definition) is 0. The van der Waals surface area contributed by atoms with Crippen LogP contribution in [-0.4, -0.2) is 11.9 Å². The minimum Gasteiger partial charge on any atom is -0.423 e. The van der Waals surface area contributed by atoms with Gasteiger partial charge in [-0.05, 0) is 110 Å². The number of benzene rings is 4. The van der Waals surface area contributed by atoms with E-state index < -0.39 is 0 Å². The van der Waals surface area contributed by atoms with Crippen LogP contribution >= 0.6 is 0 Å². The van der Waals surface area contributed by atoms with Gasteiger partial charge in [0, 0.05) is 0 Å². The second-order valence-corrected chi connectivity index (χ2v) is 9.16. The topological polar surface area (TPSA) is 61.8 Å². The molecule has 0 aromatic heterocycles. The summed E-state index contributed by atoms with van der Waals surface area (Å²) in [7, 11) is 0. The Balaban J connectivity index is 1.24. The molecule has 0 saturated carbocycles. The van der Waals surface area contributed by atoms with Gasteiger partial charge in [-0.1, -0.05) is 36.4 Å². The Hall–Kier alpha value is -4.22. The highest BCUT2D eigenvalue weighted by atomic mass is 16.5. The lowest BCUT2D eigenvalue weighted by atomic mass is 10.1. The molecule has 0 aliphatic carbocycles. The van der Waals surface area contributed by atoms with Crippen LogP contribution in [0.1, 0.15) is 54.1 Å². The number of hydrogen-bond acceptors (Lipinski definition) is 5. The lowest BCUT2D eigenvalue weighted by Gasteiger charge is -2.09. The van der Waals surface area contributed by atoms with Gasteiger partial charge in [0.25, 0.3) is 0 Å². The Morgan fingerprint density at radius 1 is 0.514 bits per heavy atom. The average molecular weight is 495 g/mol. The van der Waals surface area contributed by atoms with Crippen molar-refractivity contribution in [3.63, 3.8) is 0 Å². The summed E-state index contributed by atoms with van der Waals surface area (Å²) in [5.74, 6) is 0.209. The minimum atomic E-state index is -0.379. The van der Waals surface area contributed by atoms with E-state index in [2.05, 4.69) is 0 Å². The summed E-state index contributed by atoms with van der Waals surface area (Å²) in [4.78, 5) is 24.8. The van der Waals surface area contributed by atoms with Crippen LogP contribution in [0.3, 0.4) is 0 Å². The highest BCUT2D eigenvalue weighted by molar-refractivity contribution is 5.92. The average Bonchev–Trinajstić information content (AvgIpc) is 2.89. The second kappa shape index (κ2) is 11.7. The van der Waals surface area contributed by atoms with Crippen LogP contribution in [-0.2, 0) is 18.0 Å². The predicted molar refractivity (Wildman–Crippen MR) is 143 cm³/mol. The number of esters is 2. The molecular weight excluding hydrogens is 464 g/mol. The van der Waals surface area contributed by atoms with Gasteiger partial charge < -0.3 is 14.2 Å². The molecule has 0 aliphatic heterocycles. The van der Waals surface area contributed by atoms with Gasteiger partial charge in [-0.3, -0.25) is 0 Å². The zero-order chi connectivity index (χ0) is 26.4. The van der Waals surface area contributed by atoms with Crippen LogP contribution in [0, 0.1) is 27.7 Å². The van der Waals surface area contributed by atoms with Crippen molar-refractivity contribution in [2.45, 2.75) is 40.9 Å². The Labute approximate surface area is 217 Å². The van der Waals surface area contributed by atoms with E-state index in [9.17, 15) is 9.59 Å². The summed E-state index contributed by atoms with van der Waals surface area (Å²) in [6.07, 6.45) is 0. The predicted octanol–water partition coefficient (Wildman–Crippen LogP) is 7.08. The van der Waals surface area contributed by atoms with Crippen molar-refractivity contribution in [3.05, 3.63) is 129 Å². The van der Waals surface area contributed by atoms with Gasteiger partial charge >= 0.3 is 11.9 Å². The maximum atomic E-state index is 12.4. The van der Waals surface area contributed by atoms with Gasteiger partial charge in [0.15, 0.2) is 0 Å². The molecule has 0 unspecified atom stereocenters. The number of rotatable bonds is 8. The first-order chi connectivity index (χ1) is 17.8. The van der Waals surface area contributed by atoms with Gasteiger partial charge in [0.2, 0.25) is 0 Å². The molecule has 5 heteroatoms. The molecular formula is C32H30O5. The maximum Gasteiger partial charge on any atom is 0.343 e. The molecule has 0 heterocycles. The molecule has 37 heavy (non-hydrogen) atoms. The third-order valence-corrected chi connectivity index (χ3v) is 6.29. The first kappa shape index (κ1) is 25.9. The quantitative estimate of drug-likeness (QED) is 0.194. The standard InChI is InChI=1S/C32H30O5/c1-21-5-11-27(17-23(21)3)31(33)36-29-13-7-25(8-14-29)19-35-20-26-9-15-30(16-10-26)37-32(34)28-12-6-22(2)24(4)18-28/h5-18H,19-20H2,1-4H3. The molecule has 5 nitrogen and oxygen atoms in total. The van der Waals surface area contributed by atoms with E-state index in [1.165, 1.54) is 0 Å². The molecule has 0 atom stereocenters. The summed E-state index contributed by atoms with van der Waals surface area (Å²) in [5.41, 5.74) is 7.35. The van der Waals surface area contributed by atoms with Crippen molar-refractivity contribution >= 4 is 11.9 Å². The Morgan fingerprint density at radius 2 is 0.892 bits per heavy atom. The van der Waals surface area contributed by atoms with Crippen LogP contribution < -0.4 is 9.47 Å². The van der Waals surface area contributed by atoms with Crippen LogP contribution in [0.4, 0.5) is 0 Å². The third-order valence-electron chi connectivity index (χ3n) is 6.29. The SMILES string of the molecule is Cc1ccc(C(=O)Oc2ccc(COCc3ccc(OC(=O)c4ccc(C)c(C)c4)cc3)cc2)cc1C. The molecule has 0 saturated heterocycles. The number of ether oxygens (including phenoxy) is 3. The molecule has 0 N–H and O–H groups in total. The molecule has 4 aromatic carbocycles. The van der Waals surface area contributed by atoms with Gasteiger partial charge in [0.05, 0.1) is 24.3 Å². The molecule has 0 radical (unpaired) electrons. The summed E-state index contributed by atoms with van der Waals surface area (Å²) in [6.45, 7) is 8.77. The zero-order valence-electron chi connectivity index (χ0n) is 21.5. The first-order valence-electron chi connectivity index (χ1n) is 12.1. The highest BCUT2D eigenvalue weighted by Crippen LogP contribution is 2.19. The van der Waals surface area contributed by atoms with Crippen LogP contribution in [0.2, 0.25) is 0 Å². The van der Waals surface area contributed by atoms with E-state index >= 15 is 0 Å². The first-order valence-corrected chi connectivity index (χ1v) is 12.1. The molecule has 0 bridgehead atoms. The van der Waals surface area contributed by atoms with Crippen molar-refractivity contribution in [2.24, 2.45) is 0 Å². The summed E-state index contributed by atoms with van der Waals surface area (Å²) in [6, 6.07) is 25.6. The Morgan fingerprint density at radius 3 is 1.24 bits per heavy atom. The van der Waals surface area contributed by atoms with Crippen molar-refractivity contribution < 1.29 is 23.8 Å². The molecule has 0 fully saturated rings. The minimum absolute atomic E-state index is 0.379. The van der Waals surface area contributed by atoms with Gasteiger partial charge in [-0.2, -0.15) is 0 Å². The van der Waals surface area contributed by atoms with Crippen LogP contribution in [0.25, 0.3) is 0 Å².